The molecule has 0 unspecified atom stereocenters. The first-order valence-corrected chi connectivity index (χ1v) is 7.58. The third-order valence-electron chi connectivity index (χ3n) is 4.96. The summed E-state index contributed by atoms with van der Waals surface area (Å²) in [7, 11) is 0. The molecule has 5 nitrogen and oxygen atoms in total. The van der Waals surface area contributed by atoms with E-state index in [0.29, 0.717) is 11.5 Å². The number of nitrogens with zero attached hydrogens (tertiary/aromatic N) is 2. The van der Waals surface area contributed by atoms with E-state index in [1.807, 2.05) is 6.20 Å². The van der Waals surface area contributed by atoms with Crippen molar-refractivity contribution >= 4 is 16.9 Å². The Morgan fingerprint density at radius 2 is 2.30 bits per heavy atom. The van der Waals surface area contributed by atoms with E-state index in [2.05, 4.69) is 32.5 Å². The molecule has 2 aromatic heterocycles. The third-order valence-corrected chi connectivity index (χ3v) is 4.96. The van der Waals surface area contributed by atoms with Gasteiger partial charge in [0.2, 0.25) is 0 Å². The van der Waals surface area contributed by atoms with Gasteiger partial charge in [-0.15, -0.1) is 0 Å². The average Bonchev–Trinajstić information content (AvgIpc) is 3.04. The van der Waals surface area contributed by atoms with Gasteiger partial charge in [-0.25, -0.2) is 9.97 Å². The molecule has 0 aromatic carbocycles. The van der Waals surface area contributed by atoms with Crippen LogP contribution in [0.3, 0.4) is 0 Å². The van der Waals surface area contributed by atoms with Crippen LogP contribution in [0.1, 0.15) is 31.7 Å². The van der Waals surface area contributed by atoms with E-state index < -0.39 is 0 Å². The van der Waals surface area contributed by atoms with Crippen LogP contribution in [0.25, 0.3) is 11.0 Å². The van der Waals surface area contributed by atoms with Crippen molar-refractivity contribution in [3.63, 3.8) is 0 Å². The van der Waals surface area contributed by atoms with Crippen LogP contribution < -0.4 is 10.6 Å². The molecule has 3 heterocycles. The Bertz CT molecular complexity index is 618. The Hall–Kier alpha value is -1.62. The second-order valence-electron chi connectivity index (χ2n) is 6.29. The Balaban J connectivity index is 1.56. The van der Waals surface area contributed by atoms with Gasteiger partial charge in [-0.1, -0.05) is 6.92 Å². The molecule has 4 rings (SSSR count). The number of rotatable bonds is 3. The minimum atomic E-state index is 0.563. The lowest BCUT2D eigenvalue weighted by atomic mass is 9.65. The monoisotopic (exact) mass is 271 g/mol. The molecule has 106 valence electrons. The van der Waals surface area contributed by atoms with Crippen molar-refractivity contribution in [1.29, 1.82) is 0 Å². The normalized spacial score (nSPS) is 28.9. The van der Waals surface area contributed by atoms with Crippen LogP contribution in [0.5, 0.6) is 0 Å². The number of fused-ring (bicyclic) bond motifs is 1. The summed E-state index contributed by atoms with van der Waals surface area (Å²) in [5.74, 6) is 0.999. The number of aromatic amines is 1. The fourth-order valence-corrected chi connectivity index (χ4v) is 3.84. The van der Waals surface area contributed by atoms with E-state index in [9.17, 15) is 0 Å². The highest BCUT2D eigenvalue weighted by Gasteiger charge is 2.46. The number of anilines is 1. The highest BCUT2D eigenvalue weighted by atomic mass is 15.1. The van der Waals surface area contributed by atoms with Gasteiger partial charge < -0.3 is 15.6 Å². The molecule has 1 spiro atoms. The lowest BCUT2D eigenvalue weighted by molar-refractivity contribution is 0.142. The second kappa shape index (κ2) is 4.45. The molecule has 1 aliphatic carbocycles. The van der Waals surface area contributed by atoms with Crippen molar-refractivity contribution in [1.82, 2.24) is 20.3 Å². The van der Waals surface area contributed by atoms with E-state index in [0.717, 1.165) is 17.9 Å². The fourth-order valence-electron chi connectivity index (χ4n) is 3.84. The van der Waals surface area contributed by atoms with E-state index >= 15 is 0 Å². The van der Waals surface area contributed by atoms with Gasteiger partial charge in [0.15, 0.2) is 0 Å². The molecule has 5 heteroatoms. The molecular weight excluding hydrogens is 250 g/mol. The van der Waals surface area contributed by atoms with Gasteiger partial charge in [-0.05, 0) is 43.2 Å². The molecule has 1 saturated heterocycles. The van der Waals surface area contributed by atoms with E-state index in [4.69, 9.17) is 0 Å². The zero-order chi connectivity index (χ0) is 13.6. The maximum absolute atomic E-state index is 4.47. The minimum Gasteiger partial charge on any atom is -0.367 e. The lowest BCUT2D eigenvalue weighted by Crippen LogP contribution is -2.46. The van der Waals surface area contributed by atoms with Crippen LogP contribution in [-0.2, 0) is 6.42 Å². The molecule has 20 heavy (non-hydrogen) atoms. The summed E-state index contributed by atoms with van der Waals surface area (Å²) in [6, 6.07) is 0.563. The average molecular weight is 271 g/mol. The molecule has 1 saturated carbocycles. The van der Waals surface area contributed by atoms with Crippen LogP contribution >= 0.6 is 0 Å². The lowest BCUT2D eigenvalue weighted by Gasteiger charge is -2.45. The molecular formula is C15H21N5. The highest BCUT2D eigenvalue weighted by molar-refractivity contribution is 5.90. The molecule has 3 N–H and O–H groups in total. The quantitative estimate of drug-likeness (QED) is 0.799. The summed E-state index contributed by atoms with van der Waals surface area (Å²) in [4.78, 5) is 12.0. The first kappa shape index (κ1) is 12.1. The van der Waals surface area contributed by atoms with Gasteiger partial charge in [-0.3, -0.25) is 0 Å². The summed E-state index contributed by atoms with van der Waals surface area (Å²) < 4.78 is 0. The number of hydrogen-bond acceptors (Lipinski definition) is 4. The van der Waals surface area contributed by atoms with Gasteiger partial charge in [0.05, 0.1) is 5.39 Å². The number of nitrogens with one attached hydrogen (secondary N) is 3. The zero-order valence-corrected chi connectivity index (χ0v) is 11.9. The summed E-state index contributed by atoms with van der Waals surface area (Å²) in [6.45, 7) is 4.54. The Morgan fingerprint density at radius 1 is 1.40 bits per heavy atom. The maximum atomic E-state index is 4.47. The molecule has 0 bridgehead atoms. The molecule has 2 fully saturated rings. The van der Waals surface area contributed by atoms with E-state index in [1.165, 1.54) is 43.3 Å². The zero-order valence-electron chi connectivity index (χ0n) is 11.9. The Labute approximate surface area is 118 Å². The van der Waals surface area contributed by atoms with E-state index in [1.54, 1.807) is 6.33 Å². The summed E-state index contributed by atoms with van der Waals surface area (Å²) >= 11 is 0. The standard InChI is InChI=1S/C15H21N5/c1-2-10-7-17-13-12(10)14(19-9-18-13)20-11-5-15(6-11)3-4-16-8-15/h7,9,11,16H,2-6,8H2,1H3,(H2,17,18,19,20). The van der Waals surface area contributed by atoms with Crippen molar-refractivity contribution in [2.24, 2.45) is 5.41 Å². The SMILES string of the molecule is CCc1c[nH]c2ncnc(NC3CC4(CCNC4)C3)c12. The van der Waals surface area contributed by atoms with Crippen LogP contribution in [0.4, 0.5) is 5.82 Å². The number of hydrogen-bond donors (Lipinski definition) is 3. The molecule has 0 amide bonds. The second-order valence-corrected chi connectivity index (χ2v) is 6.29. The Morgan fingerprint density at radius 3 is 3.05 bits per heavy atom. The molecule has 0 radical (unpaired) electrons. The summed E-state index contributed by atoms with van der Waals surface area (Å²) in [5.41, 5.74) is 2.80. The van der Waals surface area contributed by atoms with E-state index in [-0.39, 0.29) is 0 Å². The molecule has 2 aliphatic rings. The van der Waals surface area contributed by atoms with Crippen molar-refractivity contribution in [2.45, 2.75) is 38.6 Å². The minimum absolute atomic E-state index is 0.563. The molecule has 1 aliphatic heterocycles. The molecule has 0 atom stereocenters. The van der Waals surface area contributed by atoms with Gasteiger partial charge in [0.1, 0.15) is 17.8 Å². The first-order chi connectivity index (χ1) is 9.80. The predicted molar refractivity (Wildman–Crippen MR) is 79.8 cm³/mol. The first-order valence-electron chi connectivity index (χ1n) is 7.58. The fraction of sp³-hybridized carbons (Fsp3) is 0.600. The third kappa shape index (κ3) is 1.80. The largest absolute Gasteiger partial charge is 0.367 e. The van der Waals surface area contributed by atoms with Crippen LogP contribution in [-0.4, -0.2) is 34.1 Å². The van der Waals surface area contributed by atoms with Crippen molar-refractivity contribution < 1.29 is 0 Å². The van der Waals surface area contributed by atoms with Gasteiger partial charge in [-0.2, -0.15) is 0 Å². The maximum Gasteiger partial charge on any atom is 0.143 e. The van der Waals surface area contributed by atoms with Crippen molar-refractivity contribution in [3.05, 3.63) is 18.1 Å². The van der Waals surface area contributed by atoms with Crippen LogP contribution in [0.2, 0.25) is 0 Å². The Kier molecular flexibility index (Phi) is 2.70. The number of aromatic nitrogens is 3. The van der Waals surface area contributed by atoms with Crippen LogP contribution in [0.15, 0.2) is 12.5 Å². The number of H-pyrrole nitrogens is 1. The highest BCUT2D eigenvalue weighted by Crippen LogP contribution is 2.47. The topological polar surface area (TPSA) is 65.6 Å². The molecule has 2 aromatic rings. The van der Waals surface area contributed by atoms with Gasteiger partial charge >= 0.3 is 0 Å². The van der Waals surface area contributed by atoms with Crippen molar-refractivity contribution in [3.8, 4) is 0 Å². The predicted octanol–water partition coefficient (Wildman–Crippen LogP) is 2.07. The van der Waals surface area contributed by atoms with Gasteiger partial charge in [0, 0.05) is 18.8 Å². The van der Waals surface area contributed by atoms with Gasteiger partial charge in [0.25, 0.3) is 0 Å². The number of aryl methyl sites for hydroxylation is 1. The summed E-state index contributed by atoms with van der Waals surface area (Å²) in [5, 5.41) is 8.29. The van der Waals surface area contributed by atoms with Crippen LogP contribution in [0, 0.1) is 5.41 Å². The smallest absolute Gasteiger partial charge is 0.143 e. The summed E-state index contributed by atoms with van der Waals surface area (Å²) in [6.07, 6.45) is 8.55. The van der Waals surface area contributed by atoms with Crippen molar-refractivity contribution in [2.75, 3.05) is 18.4 Å².